The number of morpholine rings is 1. The van der Waals surface area contributed by atoms with Gasteiger partial charge in [-0.15, -0.1) is 0 Å². The van der Waals surface area contributed by atoms with Crippen molar-refractivity contribution in [2.24, 2.45) is 0 Å². The molecule has 2 aliphatic heterocycles. The minimum Gasteiger partial charge on any atom is -0.450 e. The van der Waals surface area contributed by atoms with E-state index in [1.54, 1.807) is 18.9 Å². The Labute approximate surface area is 181 Å². The molecule has 1 N–H and O–H groups in total. The molecule has 0 unspecified atom stereocenters. The fourth-order valence-corrected chi connectivity index (χ4v) is 3.75. The summed E-state index contributed by atoms with van der Waals surface area (Å²) >= 11 is 0. The average molecular weight is 437 g/mol. The number of amides is 2. The third-order valence-corrected chi connectivity index (χ3v) is 5.32. The molecule has 11 nitrogen and oxygen atoms in total. The lowest BCUT2D eigenvalue weighted by molar-refractivity contribution is -0.122. The minimum absolute atomic E-state index is 0.0542. The monoisotopic (exact) mass is 437 g/mol. The number of hydrogen-bond donors (Lipinski definition) is 1. The van der Waals surface area contributed by atoms with Crippen molar-refractivity contribution in [2.45, 2.75) is 39.0 Å². The van der Waals surface area contributed by atoms with E-state index in [4.69, 9.17) is 14.2 Å². The van der Waals surface area contributed by atoms with Gasteiger partial charge in [-0.25, -0.2) is 9.78 Å². The number of rotatable bonds is 7. The van der Waals surface area contributed by atoms with Crippen LogP contribution in [0.4, 0.5) is 10.7 Å². The van der Waals surface area contributed by atoms with E-state index < -0.39 is 0 Å². The normalized spacial score (nSPS) is 17.5. The van der Waals surface area contributed by atoms with Gasteiger partial charge in [-0.05, 0) is 19.8 Å². The summed E-state index contributed by atoms with van der Waals surface area (Å²) in [4.78, 5) is 45.5. The molecule has 2 fully saturated rings. The van der Waals surface area contributed by atoms with E-state index in [1.807, 2.05) is 4.90 Å². The number of nitrogens with zero attached hydrogens (tertiary/aromatic N) is 4. The number of ether oxygens (including phenoxy) is 3. The Balaban J connectivity index is 1.65. The summed E-state index contributed by atoms with van der Waals surface area (Å²) < 4.78 is 16.9. The second-order valence-corrected chi connectivity index (χ2v) is 7.53. The van der Waals surface area contributed by atoms with E-state index in [2.05, 4.69) is 10.3 Å². The lowest BCUT2D eigenvalue weighted by atomic mass is 10.1. The highest BCUT2D eigenvalue weighted by Crippen LogP contribution is 2.14. The standard InChI is InChI=1S/C20H31N5O6/c1-3-31-20(28)24-6-4-15(5-7-24)21-17(26)13-25-18(27)12-16(14-29-2)22-19(25)23-8-10-30-11-9-23/h12,15H,3-11,13-14H2,1-2H3,(H,21,26). The molecule has 11 heteroatoms. The molecule has 0 atom stereocenters. The van der Waals surface area contributed by atoms with Gasteiger partial charge in [0, 0.05) is 45.4 Å². The van der Waals surface area contributed by atoms with Crippen LogP contribution in [-0.2, 0) is 32.2 Å². The highest BCUT2D eigenvalue weighted by Gasteiger charge is 2.25. The number of aromatic nitrogens is 2. The Hall–Kier alpha value is -2.66. The van der Waals surface area contributed by atoms with Crippen LogP contribution < -0.4 is 15.8 Å². The van der Waals surface area contributed by atoms with Crippen molar-refractivity contribution in [1.82, 2.24) is 19.8 Å². The molecule has 3 heterocycles. The smallest absolute Gasteiger partial charge is 0.409 e. The van der Waals surface area contributed by atoms with Crippen LogP contribution in [0.15, 0.2) is 10.9 Å². The van der Waals surface area contributed by atoms with Crippen LogP contribution >= 0.6 is 0 Å². The summed E-state index contributed by atoms with van der Waals surface area (Å²) in [5.74, 6) is 0.197. The van der Waals surface area contributed by atoms with Crippen LogP contribution in [0.1, 0.15) is 25.5 Å². The Kier molecular flexibility index (Phi) is 8.24. The van der Waals surface area contributed by atoms with Crippen LogP contribution in [0.3, 0.4) is 0 Å². The Morgan fingerprint density at radius 2 is 1.94 bits per heavy atom. The maximum Gasteiger partial charge on any atom is 0.409 e. The average Bonchev–Trinajstić information content (AvgIpc) is 2.77. The Morgan fingerprint density at radius 3 is 2.58 bits per heavy atom. The predicted molar refractivity (Wildman–Crippen MR) is 112 cm³/mol. The van der Waals surface area contributed by atoms with Crippen LogP contribution in [-0.4, -0.2) is 85.6 Å². The van der Waals surface area contributed by atoms with Crippen LogP contribution in [0.5, 0.6) is 0 Å². The van der Waals surface area contributed by atoms with E-state index in [0.717, 1.165) is 0 Å². The number of methoxy groups -OCH3 is 1. The van der Waals surface area contributed by atoms with Crippen LogP contribution in [0, 0.1) is 0 Å². The first kappa shape index (κ1) is 23.0. The van der Waals surface area contributed by atoms with Crippen molar-refractivity contribution < 1.29 is 23.8 Å². The lowest BCUT2D eigenvalue weighted by Gasteiger charge is -2.32. The molecule has 1 aromatic rings. The van der Waals surface area contributed by atoms with E-state index in [-0.39, 0.29) is 36.8 Å². The first-order valence-electron chi connectivity index (χ1n) is 10.6. The molecule has 2 aliphatic rings. The van der Waals surface area contributed by atoms with Gasteiger partial charge in [-0.1, -0.05) is 0 Å². The van der Waals surface area contributed by atoms with Gasteiger partial charge < -0.3 is 29.3 Å². The molecule has 0 aromatic carbocycles. The van der Waals surface area contributed by atoms with Crippen molar-refractivity contribution in [3.63, 3.8) is 0 Å². The van der Waals surface area contributed by atoms with E-state index in [9.17, 15) is 14.4 Å². The largest absolute Gasteiger partial charge is 0.450 e. The molecule has 3 rings (SSSR count). The highest BCUT2D eigenvalue weighted by atomic mass is 16.6. The molecule has 31 heavy (non-hydrogen) atoms. The summed E-state index contributed by atoms with van der Waals surface area (Å²) in [6.45, 7) is 5.52. The molecule has 0 radical (unpaired) electrons. The predicted octanol–water partition coefficient (Wildman–Crippen LogP) is -0.0366. The number of hydrogen-bond acceptors (Lipinski definition) is 8. The van der Waals surface area contributed by atoms with Gasteiger partial charge >= 0.3 is 6.09 Å². The van der Waals surface area contributed by atoms with E-state index in [1.165, 1.54) is 10.6 Å². The third kappa shape index (κ3) is 6.17. The van der Waals surface area contributed by atoms with Crippen molar-refractivity contribution in [1.29, 1.82) is 0 Å². The first-order chi connectivity index (χ1) is 15.0. The van der Waals surface area contributed by atoms with E-state index in [0.29, 0.717) is 70.5 Å². The number of likely N-dealkylation sites (tertiary alicyclic amines) is 1. The first-order valence-corrected chi connectivity index (χ1v) is 10.6. The van der Waals surface area contributed by atoms with Gasteiger partial charge in [0.2, 0.25) is 11.9 Å². The fraction of sp³-hybridized carbons (Fsp3) is 0.700. The van der Waals surface area contributed by atoms with Gasteiger partial charge in [-0.3, -0.25) is 14.2 Å². The van der Waals surface area contributed by atoms with E-state index >= 15 is 0 Å². The Bertz CT molecular complexity index is 815. The number of carbonyl (C=O) groups is 2. The molecular formula is C20H31N5O6. The molecule has 172 valence electrons. The molecule has 0 spiro atoms. The second-order valence-electron chi connectivity index (χ2n) is 7.53. The van der Waals surface area contributed by atoms with Crippen molar-refractivity contribution in [2.75, 3.05) is 58.0 Å². The zero-order valence-electron chi connectivity index (χ0n) is 18.2. The number of nitrogens with one attached hydrogen (secondary N) is 1. The van der Waals surface area contributed by atoms with Crippen LogP contribution in [0.2, 0.25) is 0 Å². The van der Waals surface area contributed by atoms with Gasteiger partial charge in [0.1, 0.15) is 6.54 Å². The fourth-order valence-electron chi connectivity index (χ4n) is 3.75. The van der Waals surface area contributed by atoms with Crippen molar-refractivity contribution in [3.05, 3.63) is 22.1 Å². The summed E-state index contributed by atoms with van der Waals surface area (Å²) in [5, 5.41) is 2.98. The Morgan fingerprint density at radius 1 is 1.23 bits per heavy atom. The molecule has 1 aromatic heterocycles. The van der Waals surface area contributed by atoms with Gasteiger partial charge in [0.05, 0.1) is 32.1 Å². The summed E-state index contributed by atoms with van der Waals surface area (Å²) in [5.41, 5.74) is 0.229. The van der Waals surface area contributed by atoms with Crippen LogP contribution in [0.25, 0.3) is 0 Å². The molecule has 0 bridgehead atoms. The summed E-state index contributed by atoms with van der Waals surface area (Å²) in [7, 11) is 1.54. The number of piperidine rings is 1. The zero-order chi connectivity index (χ0) is 22.2. The lowest BCUT2D eigenvalue weighted by Crippen LogP contribution is -2.48. The molecule has 0 saturated carbocycles. The van der Waals surface area contributed by atoms with Gasteiger partial charge in [0.15, 0.2) is 0 Å². The minimum atomic E-state index is -0.323. The van der Waals surface area contributed by atoms with Gasteiger partial charge in [-0.2, -0.15) is 0 Å². The van der Waals surface area contributed by atoms with Crippen molar-refractivity contribution >= 4 is 17.9 Å². The maximum absolute atomic E-state index is 12.8. The summed E-state index contributed by atoms with van der Waals surface area (Å²) in [6.07, 6.45) is 0.956. The zero-order valence-corrected chi connectivity index (χ0v) is 18.2. The number of carbonyl (C=O) groups excluding carboxylic acids is 2. The molecule has 0 aliphatic carbocycles. The molecule has 2 amide bonds. The quantitative estimate of drug-likeness (QED) is 0.632. The molecular weight excluding hydrogens is 406 g/mol. The maximum atomic E-state index is 12.8. The third-order valence-electron chi connectivity index (χ3n) is 5.32. The second kappa shape index (κ2) is 11.1. The van der Waals surface area contributed by atoms with Crippen molar-refractivity contribution in [3.8, 4) is 0 Å². The number of anilines is 1. The molecule has 2 saturated heterocycles. The highest BCUT2D eigenvalue weighted by molar-refractivity contribution is 5.76. The van der Waals surface area contributed by atoms with Gasteiger partial charge in [0.25, 0.3) is 5.56 Å². The topological polar surface area (TPSA) is 115 Å². The summed E-state index contributed by atoms with van der Waals surface area (Å²) in [6, 6.07) is 1.35. The SMILES string of the molecule is CCOC(=O)N1CCC(NC(=O)Cn2c(N3CCOCC3)nc(COC)cc2=O)CC1.